The van der Waals surface area contributed by atoms with Crippen molar-refractivity contribution in [2.45, 2.75) is 6.54 Å². The van der Waals surface area contributed by atoms with Crippen molar-refractivity contribution in [3.63, 3.8) is 0 Å². The predicted molar refractivity (Wildman–Crippen MR) is 81.4 cm³/mol. The molecule has 0 radical (unpaired) electrons. The van der Waals surface area contributed by atoms with Crippen LogP contribution in [0.25, 0.3) is 0 Å². The molecule has 0 atom stereocenters. The Balaban J connectivity index is 1.82. The van der Waals surface area contributed by atoms with Crippen LogP contribution >= 0.6 is 0 Å². The van der Waals surface area contributed by atoms with Crippen LogP contribution in [0.3, 0.4) is 0 Å². The van der Waals surface area contributed by atoms with Gasteiger partial charge in [0.25, 0.3) is 5.91 Å². The van der Waals surface area contributed by atoms with Crippen LogP contribution in [0.15, 0.2) is 48.7 Å². The van der Waals surface area contributed by atoms with Crippen molar-refractivity contribution in [3.8, 4) is 5.75 Å². The standard InChI is InChI=1S/C16H17N3O3/c1-22-14-8-3-2-7-13(14)16(21)19-11-15(20)18-10-12-6-4-5-9-17-12/h2-9H,10-11H2,1H3,(H,18,20)(H,19,21). The summed E-state index contributed by atoms with van der Waals surface area (Å²) in [6, 6.07) is 12.3. The molecule has 114 valence electrons. The Kier molecular flexibility index (Phi) is 5.48. The number of hydrogen-bond acceptors (Lipinski definition) is 4. The highest BCUT2D eigenvalue weighted by molar-refractivity contribution is 5.98. The molecule has 2 rings (SSSR count). The quantitative estimate of drug-likeness (QED) is 0.838. The highest BCUT2D eigenvalue weighted by Crippen LogP contribution is 2.16. The summed E-state index contributed by atoms with van der Waals surface area (Å²) in [4.78, 5) is 27.8. The molecule has 0 saturated carbocycles. The van der Waals surface area contributed by atoms with Crippen molar-refractivity contribution in [2.75, 3.05) is 13.7 Å². The largest absolute Gasteiger partial charge is 0.496 e. The van der Waals surface area contributed by atoms with Crippen LogP contribution < -0.4 is 15.4 Å². The van der Waals surface area contributed by atoms with E-state index in [4.69, 9.17) is 4.74 Å². The van der Waals surface area contributed by atoms with Crippen LogP contribution in [0, 0.1) is 0 Å². The lowest BCUT2D eigenvalue weighted by atomic mass is 10.2. The third kappa shape index (κ3) is 4.31. The Morgan fingerprint density at radius 3 is 2.59 bits per heavy atom. The summed E-state index contributed by atoms with van der Waals surface area (Å²) in [5.74, 6) is -0.173. The Hall–Kier alpha value is -2.89. The molecule has 0 spiro atoms. The first-order chi connectivity index (χ1) is 10.7. The minimum atomic E-state index is -0.356. The zero-order chi connectivity index (χ0) is 15.8. The number of hydrogen-bond donors (Lipinski definition) is 2. The number of rotatable bonds is 6. The molecule has 22 heavy (non-hydrogen) atoms. The fourth-order valence-electron chi connectivity index (χ4n) is 1.84. The Bertz CT molecular complexity index is 644. The molecule has 0 aliphatic rings. The Morgan fingerprint density at radius 2 is 1.86 bits per heavy atom. The van der Waals surface area contributed by atoms with Gasteiger partial charge in [-0.1, -0.05) is 18.2 Å². The summed E-state index contributed by atoms with van der Waals surface area (Å²) in [5, 5.41) is 5.25. The van der Waals surface area contributed by atoms with Crippen LogP contribution in [0.2, 0.25) is 0 Å². The third-order valence-corrected chi connectivity index (χ3v) is 2.95. The van der Waals surface area contributed by atoms with E-state index in [1.165, 1.54) is 7.11 Å². The molecule has 0 aliphatic carbocycles. The Morgan fingerprint density at radius 1 is 1.09 bits per heavy atom. The van der Waals surface area contributed by atoms with Gasteiger partial charge in [-0.15, -0.1) is 0 Å². The highest BCUT2D eigenvalue weighted by Gasteiger charge is 2.12. The average Bonchev–Trinajstić information content (AvgIpc) is 2.58. The van der Waals surface area contributed by atoms with Crippen LogP contribution in [-0.2, 0) is 11.3 Å². The van der Waals surface area contributed by atoms with Crippen LogP contribution in [-0.4, -0.2) is 30.5 Å². The molecule has 0 saturated heterocycles. The number of benzene rings is 1. The van der Waals surface area contributed by atoms with Crippen molar-refractivity contribution in [3.05, 3.63) is 59.9 Å². The van der Waals surface area contributed by atoms with Gasteiger partial charge in [0.15, 0.2) is 0 Å². The van der Waals surface area contributed by atoms with E-state index in [1.807, 2.05) is 12.1 Å². The van der Waals surface area contributed by atoms with Crippen LogP contribution in [0.5, 0.6) is 5.75 Å². The van der Waals surface area contributed by atoms with Crippen molar-refractivity contribution < 1.29 is 14.3 Å². The highest BCUT2D eigenvalue weighted by atomic mass is 16.5. The fraction of sp³-hybridized carbons (Fsp3) is 0.188. The van der Waals surface area contributed by atoms with E-state index in [0.29, 0.717) is 17.9 Å². The molecule has 1 heterocycles. The number of carbonyl (C=O) groups is 2. The van der Waals surface area contributed by atoms with Crippen LogP contribution in [0.1, 0.15) is 16.1 Å². The molecular weight excluding hydrogens is 282 g/mol. The number of aromatic nitrogens is 1. The second-order valence-corrected chi connectivity index (χ2v) is 4.48. The molecule has 2 amide bonds. The zero-order valence-corrected chi connectivity index (χ0v) is 12.2. The fourth-order valence-corrected chi connectivity index (χ4v) is 1.84. The van der Waals surface area contributed by atoms with E-state index in [9.17, 15) is 9.59 Å². The van der Waals surface area contributed by atoms with Crippen molar-refractivity contribution in [2.24, 2.45) is 0 Å². The van der Waals surface area contributed by atoms with Gasteiger partial charge < -0.3 is 15.4 Å². The van der Waals surface area contributed by atoms with E-state index < -0.39 is 0 Å². The minimum absolute atomic E-state index is 0.107. The third-order valence-electron chi connectivity index (χ3n) is 2.95. The van der Waals surface area contributed by atoms with E-state index in [0.717, 1.165) is 5.69 Å². The predicted octanol–water partition coefficient (Wildman–Crippen LogP) is 1.14. The number of methoxy groups -OCH3 is 1. The molecule has 6 nitrogen and oxygen atoms in total. The van der Waals surface area contributed by atoms with E-state index in [2.05, 4.69) is 15.6 Å². The lowest BCUT2D eigenvalue weighted by Gasteiger charge is -2.09. The maximum absolute atomic E-state index is 12.0. The van der Waals surface area contributed by atoms with Crippen LogP contribution in [0.4, 0.5) is 0 Å². The van der Waals surface area contributed by atoms with Crippen molar-refractivity contribution in [1.29, 1.82) is 0 Å². The first kappa shape index (κ1) is 15.5. The van der Waals surface area contributed by atoms with Gasteiger partial charge in [0.05, 0.1) is 31.5 Å². The second-order valence-electron chi connectivity index (χ2n) is 4.48. The number of para-hydroxylation sites is 1. The summed E-state index contributed by atoms with van der Waals surface area (Å²) < 4.78 is 5.11. The van der Waals surface area contributed by atoms with Gasteiger partial charge in [-0.05, 0) is 24.3 Å². The van der Waals surface area contributed by atoms with Gasteiger partial charge in [-0.3, -0.25) is 14.6 Å². The van der Waals surface area contributed by atoms with E-state index in [-0.39, 0.29) is 18.4 Å². The molecular formula is C16H17N3O3. The zero-order valence-electron chi connectivity index (χ0n) is 12.2. The number of nitrogens with one attached hydrogen (secondary N) is 2. The number of nitrogens with zero attached hydrogens (tertiary/aromatic N) is 1. The molecule has 6 heteroatoms. The van der Waals surface area contributed by atoms with Gasteiger partial charge in [0.1, 0.15) is 5.75 Å². The van der Waals surface area contributed by atoms with Crippen molar-refractivity contribution >= 4 is 11.8 Å². The lowest BCUT2D eigenvalue weighted by molar-refractivity contribution is -0.120. The van der Waals surface area contributed by atoms with Gasteiger partial charge in [-0.25, -0.2) is 0 Å². The average molecular weight is 299 g/mol. The molecule has 1 aromatic carbocycles. The second kappa shape index (κ2) is 7.78. The van der Waals surface area contributed by atoms with E-state index in [1.54, 1.807) is 36.5 Å². The maximum Gasteiger partial charge on any atom is 0.255 e. The maximum atomic E-state index is 12.0. The topological polar surface area (TPSA) is 80.3 Å². The molecule has 0 fully saturated rings. The minimum Gasteiger partial charge on any atom is -0.496 e. The van der Waals surface area contributed by atoms with Gasteiger partial charge in [-0.2, -0.15) is 0 Å². The normalized spacial score (nSPS) is 9.86. The van der Waals surface area contributed by atoms with Gasteiger partial charge >= 0.3 is 0 Å². The van der Waals surface area contributed by atoms with Gasteiger partial charge in [0, 0.05) is 6.20 Å². The molecule has 0 unspecified atom stereocenters. The monoisotopic (exact) mass is 299 g/mol. The number of ether oxygens (including phenoxy) is 1. The molecule has 0 aliphatic heterocycles. The SMILES string of the molecule is COc1ccccc1C(=O)NCC(=O)NCc1ccccn1. The first-order valence-corrected chi connectivity index (χ1v) is 6.78. The molecule has 2 aromatic rings. The van der Waals surface area contributed by atoms with Crippen molar-refractivity contribution in [1.82, 2.24) is 15.6 Å². The Labute approximate surface area is 128 Å². The molecule has 0 bridgehead atoms. The van der Waals surface area contributed by atoms with E-state index >= 15 is 0 Å². The number of amides is 2. The number of carbonyl (C=O) groups excluding carboxylic acids is 2. The lowest BCUT2D eigenvalue weighted by Crippen LogP contribution is -2.36. The van der Waals surface area contributed by atoms with Gasteiger partial charge in [0.2, 0.25) is 5.91 Å². The summed E-state index contributed by atoms with van der Waals surface area (Å²) in [7, 11) is 1.49. The first-order valence-electron chi connectivity index (χ1n) is 6.78. The summed E-state index contributed by atoms with van der Waals surface area (Å²) in [6.07, 6.45) is 1.66. The molecule has 2 N–H and O–H groups in total. The molecule has 1 aromatic heterocycles. The summed E-state index contributed by atoms with van der Waals surface area (Å²) in [6.45, 7) is 0.216. The summed E-state index contributed by atoms with van der Waals surface area (Å²) in [5.41, 5.74) is 1.15. The summed E-state index contributed by atoms with van der Waals surface area (Å²) >= 11 is 0. The smallest absolute Gasteiger partial charge is 0.255 e. The number of pyridine rings is 1.